The van der Waals surface area contributed by atoms with Gasteiger partial charge in [-0.2, -0.15) is 0 Å². The maximum atomic E-state index is 12.8. The number of rotatable bonds is 1. The van der Waals surface area contributed by atoms with Gasteiger partial charge < -0.3 is 9.15 Å². The third-order valence-corrected chi connectivity index (χ3v) is 4.97. The predicted molar refractivity (Wildman–Crippen MR) is 95.5 cm³/mol. The number of fused-ring (bicyclic) bond motifs is 3. The minimum absolute atomic E-state index is 0.0535. The zero-order valence-electron chi connectivity index (χ0n) is 14.4. The third-order valence-electron chi connectivity index (χ3n) is 4.97. The molecule has 0 amide bonds. The van der Waals surface area contributed by atoms with Crippen LogP contribution in [0.3, 0.4) is 0 Å². The zero-order chi connectivity index (χ0) is 17.7. The van der Waals surface area contributed by atoms with Gasteiger partial charge in [-0.1, -0.05) is 30.3 Å². The van der Waals surface area contributed by atoms with Crippen molar-refractivity contribution in [3.05, 3.63) is 74.6 Å². The Bertz CT molecular complexity index is 1060. The van der Waals surface area contributed by atoms with Gasteiger partial charge in [-0.05, 0) is 43.5 Å². The number of hydrogen-bond donors (Lipinski definition) is 0. The molecule has 4 nitrogen and oxygen atoms in total. The molecular formula is C21H18O4. The fourth-order valence-corrected chi connectivity index (χ4v) is 3.48. The molecule has 1 aliphatic heterocycles. The van der Waals surface area contributed by atoms with Gasteiger partial charge in [-0.15, -0.1) is 0 Å². The summed E-state index contributed by atoms with van der Waals surface area (Å²) >= 11 is 0. The van der Waals surface area contributed by atoms with Crippen LogP contribution >= 0.6 is 0 Å². The number of hydrogen-bond acceptors (Lipinski definition) is 4. The highest BCUT2D eigenvalue weighted by molar-refractivity contribution is 6.07. The summed E-state index contributed by atoms with van der Waals surface area (Å²) in [7, 11) is 0. The second kappa shape index (κ2) is 5.59. The van der Waals surface area contributed by atoms with Crippen molar-refractivity contribution in [2.24, 2.45) is 0 Å². The Morgan fingerprint density at radius 1 is 1.00 bits per heavy atom. The van der Waals surface area contributed by atoms with E-state index in [1.807, 2.05) is 44.2 Å². The molecule has 25 heavy (non-hydrogen) atoms. The van der Waals surface area contributed by atoms with Crippen LogP contribution in [0.1, 0.15) is 45.1 Å². The molecule has 0 fully saturated rings. The van der Waals surface area contributed by atoms with Crippen molar-refractivity contribution >= 4 is 16.8 Å². The highest BCUT2D eigenvalue weighted by atomic mass is 16.5. The smallest absolute Gasteiger partial charge is 0.339 e. The van der Waals surface area contributed by atoms with E-state index in [2.05, 4.69) is 0 Å². The van der Waals surface area contributed by atoms with Crippen LogP contribution in [0.25, 0.3) is 11.0 Å². The Morgan fingerprint density at radius 2 is 1.72 bits per heavy atom. The summed E-state index contributed by atoms with van der Waals surface area (Å²) in [6.45, 7) is 5.44. The van der Waals surface area contributed by atoms with Crippen LogP contribution in [0.15, 0.2) is 45.6 Å². The van der Waals surface area contributed by atoms with Crippen LogP contribution in [0, 0.1) is 20.8 Å². The van der Waals surface area contributed by atoms with Crippen LogP contribution < -0.4 is 10.4 Å². The second-order valence-corrected chi connectivity index (χ2v) is 6.55. The SMILES string of the molecule is Cc1cc2oc(=O)c(C)c(C)c2c2c1C(=O)CC(c1ccccc1)O2. The van der Waals surface area contributed by atoms with Crippen LogP contribution in [0.4, 0.5) is 0 Å². The Balaban J connectivity index is 2.00. The number of ether oxygens (including phenoxy) is 1. The monoisotopic (exact) mass is 334 g/mol. The Labute approximate surface area is 145 Å². The third kappa shape index (κ3) is 2.37. The van der Waals surface area contributed by atoms with Crippen LogP contribution in [0.2, 0.25) is 0 Å². The molecule has 0 saturated carbocycles. The summed E-state index contributed by atoms with van der Waals surface area (Å²) in [4.78, 5) is 24.8. The quantitative estimate of drug-likeness (QED) is 0.618. The molecule has 1 atom stereocenters. The van der Waals surface area contributed by atoms with Crippen LogP contribution in [-0.4, -0.2) is 5.78 Å². The molecule has 4 heteroatoms. The molecule has 2 heterocycles. The number of ketones is 1. The van der Waals surface area contributed by atoms with Gasteiger partial charge in [-0.25, -0.2) is 4.79 Å². The van der Waals surface area contributed by atoms with Gasteiger partial charge in [0.05, 0.1) is 17.4 Å². The van der Waals surface area contributed by atoms with Crippen molar-refractivity contribution in [3.63, 3.8) is 0 Å². The van der Waals surface area contributed by atoms with E-state index >= 15 is 0 Å². The molecule has 126 valence electrons. The van der Waals surface area contributed by atoms with Gasteiger partial charge in [0.25, 0.3) is 0 Å². The molecule has 2 aromatic carbocycles. The maximum absolute atomic E-state index is 12.8. The highest BCUT2D eigenvalue weighted by Gasteiger charge is 2.32. The van der Waals surface area contributed by atoms with E-state index in [4.69, 9.17) is 9.15 Å². The standard InChI is InChI=1S/C21H18O4/c1-11-9-17-19(12(2)13(3)21(23)25-17)20-18(11)15(22)10-16(24-20)14-7-5-4-6-8-14/h4-9,16H,10H2,1-3H3. The molecule has 4 rings (SSSR count). The topological polar surface area (TPSA) is 56.5 Å². The lowest BCUT2D eigenvalue weighted by Gasteiger charge is -2.28. The summed E-state index contributed by atoms with van der Waals surface area (Å²) < 4.78 is 11.7. The minimum atomic E-state index is -0.355. The second-order valence-electron chi connectivity index (χ2n) is 6.55. The van der Waals surface area contributed by atoms with Crippen molar-refractivity contribution in [1.82, 2.24) is 0 Å². The first-order valence-corrected chi connectivity index (χ1v) is 8.29. The molecular weight excluding hydrogens is 316 g/mol. The highest BCUT2D eigenvalue weighted by Crippen LogP contribution is 2.42. The van der Waals surface area contributed by atoms with E-state index in [-0.39, 0.29) is 17.5 Å². The molecule has 1 unspecified atom stereocenters. The summed E-state index contributed by atoms with van der Waals surface area (Å²) in [5.74, 6) is 0.585. The van der Waals surface area contributed by atoms with Gasteiger partial charge in [0, 0.05) is 5.56 Å². The lowest BCUT2D eigenvalue weighted by atomic mass is 9.90. The first kappa shape index (κ1) is 15.6. The summed E-state index contributed by atoms with van der Waals surface area (Å²) in [6.07, 6.45) is -0.0316. The number of aryl methyl sites for hydroxylation is 2. The fraction of sp³-hybridized carbons (Fsp3) is 0.238. The van der Waals surface area contributed by atoms with Gasteiger partial charge >= 0.3 is 5.63 Å². The van der Waals surface area contributed by atoms with E-state index < -0.39 is 0 Å². The molecule has 3 aromatic rings. The first-order chi connectivity index (χ1) is 12.0. The van der Waals surface area contributed by atoms with E-state index in [1.54, 1.807) is 13.0 Å². The fourth-order valence-electron chi connectivity index (χ4n) is 3.48. The normalized spacial score (nSPS) is 16.6. The average Bonchev–Trinajstić information content (AvgIpc) is 2.59. The summed E-state index contributed by atoms with van der Waals surface area (Å²) in [5.41, 5.74) is 3.77. The Kier molecular flexibility index (Phi) is 3.49. The van der Waals surface area contributed by atoms with Crippen LogP contribution in [-0.2, 0) is 0 Å². The molecule has 0 aliphatic carbocycles. The van der Waals surface area contributed by atoms with E-state index in [0.717, 1.165) is 16.7 Å². The van der Waals surface area contributed by atoms with Gasteiger partial charge in [0.2, 0.25) is 0 Å². The zero-order valence-corrected chi connectivity index (χ0v) is 14.4. The molecule has 1 aromatic heterocycles. The average molecular weight is 334 g/mol. The first-order valence-electron chi connectivity index (χ1n) is 8.29. The number of carbonyl (C=O) groups excluding carboxylic acids is 1. The number of benzene rings is 2. The molecule has 0 bridgehead atoms. The molecule has 0 radical (unpaired) electrons. The van der Waals surface area contributed by atoms with Crippen molar-refractivity contribution in [3.8, 4) is 5.75 Å². The van der Waals surface area contributed by atoms with Crippen molar-refractivity contribution in [1.29, 1.82) is 0 Å². The predicted octanol–water partition coefficient (Wildman–Crippen LogP) is 4.42. The molecule has 0 N–H and O–H groups in total. The molecule has 1 aliphatic rings. The van der Waals surface area contributed by atoms with E-state index in [0.29, 0.717) is 34.3 Å². The van der Waals surface area contributed by atoms with E-state index in [1.165, 1.54) is 0 Å². The lowest BCUT2D eigenvalue weighted by molar-refractivity contribution is 0.0852. The maximum Gasteiger partial charge on any atom is 0.339 e. The number of Topliss-reactive ketones (excluding diaryl/α,β-unsaturated/α-hetero) is 1. The van der Waals surface area contributed by atoms with Crippen molar-refractivity contribution in [2.45, 2.75) is 33.3 Å². The van der Waals surface area contributed by atoms with E-state index in [9.17, 15) is 9.59 Å². The minimum Gasteiger partial charge on any atom is -0.484 e. The Morgan fingerprint density at radius 3 is 2.44 bits per heavy atom. The molecule has 0 spiro atoms. The molecule has 0 saturated heterocycles. The van der Waals surface area contributed by atoms with Crippen molar-refractivity contribution in [2.75, 3.05) is 0 Å². The lowest BCUT2D eigenvalue weighted by Crippen LogP contribution is -2.22. The summed E-state index contributed by atoms with van der Waals surface area (Å²) in [6, 6.07) is 11.5. The van der Waals surface area contributed by atoms with Gasteiger partial charge in [0.1, 0.15) is 17.4 Å². The Hall–Kier alpha value is -2.88. The summed E-state index contributed by atoms with van der Waals surface area (Å²) in [5, 5.41) is 0.715. The van der Waals surface area contributed by atoms with Gasteiger partial charge in [-0.3, -0.25) is 4.79 Å². The van der Waals surface area contributed by atoms with Gasteiger partial charge in [0.15, 0.2) is 5.78 Å². The largest absolute Gasteiger partial charge is 0.484 e. The van der Waals surface area contributed by atoms with Crippen molar-refractivity contribution < 1.29 is 13.9 Å². The van der Waals surface area contributed by atoms with Crippen LogP contribution in [0.5, 0.6) is 5.75 Å². The number of carbonyl (C=O) groups is 1.